The van der Waals surface area contributed by atoms with Crippen LogP contribution in [0.25, 0.3) is 0 Å². The number of nitrogens with zero attached hydrogens (tertiary/aromatic N) is 2. The van der Waals surface area contributed by atoms with Crippen LogP contribution in [0.4, 0.5) is 5.82 Å². The lowest BCUT2D eigenvalue weighted by atomic mass is 9.86. The van der Waals surface area contributed by atoms with Gasteiger partial charge in [-0.1, -0.05) is 12.8 Å². The minimum absolute atomic E-state index is 0.217. The fraction of sp³-hybridized carbons (Fsp3) is 0.538. The summed E-state index contributed by atoms with van der Waals surface area (Å²) in [4.78, 5) is 4.14. The molecule has 4 heteroatoms. The summed E-state index contributed by atoms with van der Waals surface area (Å²) >= 11 is 0. The maximum atomic E-state index is 9.85. The van der Waals surface area contributed by atoms with Gasteiger partial charge in [-0.15, -0.1) is 0 Å². The molecule has 0 bridgehead atoms. The second-order valence-corrected chi connectivity index (χ2v) is 4.50. The van der Waals surface area contributed by atoms with Crippen molar-refractivity contribution in [3.8, 4) is 6.07 Å². The van der Waals surface area contributed by atoms with Crippen molar-refractivity contribution in [1.82, 2.24) is 4.98 Å². The highest BCUT2D eigenvalue weighted by Crippen LogP contribution is 2.24. The fourth-order valence-corrected chi connectivity index (χ4v) is 2.29. The topological polar surface area (TPSA) is 68.9 Å². The molecular weight excluding hydrogens is 214 g/mol. The van der Waals surface area contributed by atoms with Crippen LogP contribution in [0.5, 0.6) is 0 Å². The van der Waals surface area contributed by atoms with E-state index >= 15 is 0 Å². The minimum atomic E-state index is -0.217. The predicted octanol–water partition coefficient (Wildman–Crippen LogP) is 1.92. The molecule has 2 N–H and O–H groups in total. The maximum Gasteiger partial charge on any atom is 0.143 e. The van der Waals surface area contributed by atoms with E-state index < -0.39 is 0 Å². The second-order valence-electron chi connectivity index (χ2n) is 4.50. The first kappa shape index (κ1) is 11.9. The number of hydrogen-bond acceptors (Lipinski definition) is 4. The predicted molar refractivity (Wildman–Crippen MR) is 65.4 cm³/mol. The lowest BCUT2D eigenvalue weighted by Crippen LogP contribution is -2.30. The molecule has 2 unspecified atom stereocenters. The highest BCUT2D eigenvalue weighted by molar-refractivity contribution is 5.51. The number of aromatic nitrogens is 1. The van der Waals surface area contributed by atoms with E-state index in [2.05, 4.69) is 16.4 Å². The molecule has 0 spiro atoms. The zero-order valence-electron chi connectivity index (χ0n) is 9.76. The Bertz CT molecular complexity index is 413. The van der Waals surface area contributed by atoms with Crippen molar-refractivity contribution in [3.63, 3.8) is 0 Å². The zero-order valence-corrected chi connectivity index (χ0v) is 9.76. The number of aliphatic hydroxyl groups is 1. The van der Waals surface area contributed by atoms with E-state index in [0.29, 0.717) is 17.9 Å². The third kappa shape index (κ3) is 2.95. The van der Waals surface area contributed by atoms with Gasteiger partial charge in [-0.05, 0) is 25.0 Å². The standard InChI is InChI=1S/C13H17N3O/c14-8-10-5-3-7-15-13(10)16-9-11-4-1-2-6-12(11)17/h3,5,7,11-12,17H,1-2,4,6,9H2,(H,15,16). The van der Waals surface area contributed by atoms with Crippen molar-refractivity contribution in [2.75, 3.05) is 11.9 Å². The maximum absolute atomic E-state index is 9.85. The number of nitriles is 1. The highest BCUT2D eigenvalue weighted by atomic mass is 16.3. The molecule has 0 aromatic carbocycles. The number of nitrogens with one attached hydrogen (secondary N) is 1. The van der Waals surface area contributed by atoms with E-state index in [9.17, 15) is 5.11 Å². The Hall–Kier alpha value is -1.60. The van der Waals surface area contributed by atoms with Gasteiger partial charge in [0.15, 0.2) is 0 Å². The summed E-state index contributed by atoms with van der Waals surface area (Å²) in [5.41, 5.74) is 0.554. The molecule has 1 aromatic rings. The molecule has 2 atom stereocenters. The fourth-order valence-electron chi connectivity index (χ4n) is 2.29. The van der Waals surface area contributed by atoms with Crippen LogP contribution in [0.1, 0.15) is 31.2 Å². The van der Waals surface area contributed by atoms with Crippen LogP contribution in [0.3, 0.4) is 0 Å². The number of aliphatic hydroxyl groups excluding tert-OH is 1. The lowest BCUT2D eigenvalue weighted by Gasteiger charge is -2.27. The van der Waals surface area contributed by atoms with Crippen LogP contribution >= 0.6 is 0 Å². The van der Waals surface area contributed by atoms with Crippen LogP contribution in [0.2, 0.25) is 0 Å². The van der Waals surface area contributed by atoms with Gasteiger partial charge in [-0.25, -0.2) is 4.98 Å². The number of anilines is 1. The van der Waals surface area contributed by atoms with Gasteiger partial charge in [0, 0.05) is 18.7 Å². The van der Waals surface area contributed by atoms with Gasteiger partial charge >= 0.3 is 0 Å². The quantitative estimate of drug-likeness (QED) is 0.833. The van der Waals surface area contributed by atoms with Crippen molar-refractivity contribution < 1.29 is 5.11 Å². The minimum Gasteiger partial charge on any atom is -0.393 e. The Kier molecular flexibility index (Phi) is 3.94. The molecule has 0 radical (unpaired) electrons. The van der Waals surface area contributed by atoms with Gasteiger partial charge < -0.3 is 10.4 Å². The molecule has 0 aliphatic heterocycles. The molecule has 90 valence electrons. The molecule has 4 nitrogen and oxygen atoms in total. The molecule has 1 saturated carbocycles. The van der Waals surface area contributed by atoms with Crippen LogP contribution in [0, 0.1) is 17.2 Å². The first-order chi connectivity index (χ1) is 8.31. The lowest BCUT2D eigenvalue weighted by molar-refractivity contribution is 0.0763. The smallest absolute Gasteiger partial charge is 0.143 e. The van der Waals surface area contributed by atoms with Crippen molar-refractivity contribution in [1.29, 1.82) is 5.26 Å². The molecule has 1 fully saturated rings. The van der Waals surface area contributed by atoms with Crippen LogP contribution in [-0.2, 0) is 0 Å². The van der Waals surface area contributed by atoms with Gasteiger partial charge in [0.05, 0.1) is 11.7 Å². The molecule has 1 aliphatic carbocycles. The highest BCUT2D eigenvalue weighted by Gasteiger charge is 2.22. The summed E-state index contributed by atoms with van der Waals surface area (Å²) in [5.74, 6) is 0.894. The third-order valence-electron chi connectivity index (χ3n) is 3.33. The van der Waals surface area contributed by atoms with E-state index in [1.165, 1.54) is 6.42 Å². The normalized spacial score (nSPS) is 24.0. The molecule has 2 rings (SSSR count). The SMILES string of the molecule is N#Cc1cccnc1NCC1CCCCC1O. The number of hydrogen-bond donors (Lipinski definition) is 2. The van der Waals surface area contributed by atoms with E-state index in [1.807, 2.05) is 0 Å². The Labute approximate surface area is 101 Å². The van der Waals surface area contributed by atoms with E-state index in [1.54, 1.807) is 18.3 Å². The summed E-state index contributed by atoms with van der Waals surface area (Å²) in [6.45, 7) is 0.687. The van der Waals surface area contributed by atoms with Crippen molar-refractivity contribution in [2.24, 2.45) is 5.92 Å². The Morgan fingerprint density at radius 3 is 3.06 bits per heavy atom. The van der Waals surface area contributed by atoms with Crippen LogP contribution in [-0.4, -0.2) is 22.7 Å². The van der Waals surface area contributed by atoms with E-state index in [-0.39, 0.29) is 12.0 Å². The van der Waals surface area contributed by atoms with Gasteiger partial charge in [0.1, 0.15) is 11.9 Å². The average Bonchev–Trinajstić information content (AvgIpc) is 2.38. The molecule has 17 heavy (non-hydrogen) atoms. The summed E-state index contributed by atoms with van der Waals surface area (Å²) in [5, 5.41) is 21.9. The molecule has 1 heterocycles. The molecular formula is C13H17N3O. The molecule has 0 saturated heterocycles. The Morgan fingerprint density at radius 2 is 2.29 bits per heavy atom. The van der Waals surface area contributed by atoms with Crippen LogP contribution < -0.4 is 5.32 Å². The largest absolute Gasteiger partial charge is 0.393 e. The first-order valence-electron chi connectivity index (χ1n) is 6.08. The van der Waals surface area contributed by atoms with Crippen molar-refractivity contribution in [2.45, 2.75) is 31.8 Å². The molecule has 0 amide bonds. The summed E-state index contributed by atoms with van der Waals surface area (Å²) < 4.78 is 0. The molecule has 1 aromatic heterocycles. The van der Waals surface area contributed by atoms with E-state index in [4.69, 9.17) is 5.26 Å². The summed E-state index contributed by atoms with van der Waals surface area (Å²) in [6, 6.07) is 5.60. The van der Waals surface area contributed by atoms with Gasteiger partial charge in [-0.2, -0.15) is 5.26 Å². The molecule has 1 aliphatic rings. The van der Waals surface area contributed by atoms with Crippen LogP contribution in [0.15, 0.2) is 18.3 Å². The zero-order chi connectivity index (χ0) is 12.1. The number of rotatable bonds is 3. The summed E-state index contributed by atoms with van der Waals surface area (Å²) in [6.07, 6.45) is 5.68. The Balaban J connectivity index is 1.95. The summed E-state index contributed by atoms with van der Waals surface area (Å²) in [7, 11) is 0. The van der Waals surface area contributed by atoms with Gasteiger partial charge in [0.2, 0.25) is 0 Å². The van der Waals surface area contributed by atoms with Crippen molar-refractivity contribution in [3.05, 3.63) is 23.9 Å². The third-order valence-corrected chi connectivity index (χ3v) is 3.33. The first-order valence-corrected chi connectivity index (χ1v) is 6.08. The van der Waals surface area contributed by atoms with E-state index in [0.717, 1.165) is 19.3 Å². The number of pyridine rings is 1. The Morgan fingerprint density at radius 1 is 1.47 bits per heavy atom. The van der Waals surface area contributed by atoms with Crippen molar-refractivity contribution >= 4 is 5.82 Å². The average molecular weight is 231 g/mol. The van der Waals surface area contributed by atoms with Gasteiger partial charge in [-0.3, -0.25) is 0 Å². The second kappa shape index (κ2) is 5.65. The monoisotopic (exact) mass is 231 g/mol. The van der Waals surface area contributed by atoms with Gasteiger partial charge in [0.25, 0.3) is 0 Å².